The first kappa shape index (κ1) is 24.1. The van der Waals surface area contributed by atoms with Gasteiger partial charge < -0.3 is 14.8 Å². The van der Waals surface area contributed by atoms with E-state index < -0.39 is 5.91 Å². The maximum Gasteiger partial charge on any atom is 0.266 e. The van der Waals surface area contributed by atoms with Crippen molar-refractivity contribution in [3.8, 4) is 17.6 Å². The highest BCUT2D eigenvalue weighted by Gasteiger charge is 2.12. The van der Waals surface area contributed by atoms with Crippen LogP contribution in [0.5, 0.6) is 11.5 Å². The Hall–Kier alpha value is -4.08. The van der Waals surface area contributed by atoms with Gasteiger partial charge in [0.1, 0.15) is 29.7 Å². The average Bonchev–Trinajstić information content (AvgIpc) is 2.88. The van der Waals surface area contributed by atoms with E-state index in [1.807, 2.05) is 49.4 Å². The van der Waals surface area contributed by atoms with Crippen molar-refractivity contribution in [2.45, 2.75) is 13.5 Å². The topological polar surface area (TPSA) is 71.3 Å². The zero-order valence-electron chi connectivity index (χ0n) is 19.1. The highest BCUT2D eigenvalue weighted by molar-refractivity contribution is 9.10. The van der Waals surface area contributed by atoms with Crippen molar-refractivity contribution in [2.75, 3.05) is 11.9 Å². The van der Waals surface area contributed by atoms with Gasteiger partial charge in [-0.15, -0.1) is 0 Å². The molecule has 1 amide bonds. The molecule has 0 saturated carbocycles. The maximum atomic E-state index is 12.8. The van der Waals surface area contributed by atoms with Crippen LogP contribution in [-0.4, -0.2) is 12.5 Å². The Balaban J connectivity index is 1.52. The zero-order valence-corrected chi connectivity index (χ0v) is 20.7. The van der Waals surface area contributed by atoms with Crippen LogP contribution >= 0.6 is 15.9 Å². The summed E-state index contributed by atoms with van der Waals surface area (Å²) in [6.07, 6.45) is 1.53. The smallest absolute Gasteiger partial charge is 0.266 e. The predicted octanol–water partition coefficient (Wildman–Crippen LogP) is 7.13. The van der Waals surface area contributed by atoms with Gasteiger partial charge in [-0.25, -0.2) is 0 Å². The molecule has 0 fully saturated rings. The Morgan fingerprint density at radius 1 is 0.971 bits per heavy atom. The van der Waals surface area contributed by atoms with E-state index in [0.717, 1.165) is 15.4 Å². The van der Waals surface area contributed by atoms with Crippen LogP contribution in [0.4, 0.5) is 5.69 Å². The highest BCUT2D eigenvalue weighted by atomic mass is 79.9. The van der Waals surface area contributed by atoms with Crippen molar-refractivity contribution >= 4 is 44.4 Å². The molecule has 4 aromatic carbocycles. The van der Waals surface area contributed by atoms with Gasteiger partial charge in [0.05, 0.1) is 6.61 Å². The molecular weight excluding hydrogens is 504 g/mol. The molecule has 0 bridgehead atoms. The number of hydrogen-bond acceptors (Lipinski definition) is 4. The Morgan fingerprint density at radius 2 is 1.74 bits per heavy atom. The number of amides is 1. The molecule has 0 aliphatic rings. The first-order chi connectivity index (χ1) is 17.1. The van der Waals surface area contributed by atoms with E-state index in [-0.39, 0.29) is 5.57 Å². The fourth-order valence-corrected chi connectivity index (χ4v) is 3.94. The molecule has 174 valence electrons. The number of ether oxygens (including phenoxy) is 2. The molecule has 4 aromatic rings. The normalized spacial score (nSPS) is 11.1. The minimum atomic E-state index is -0.503. The second kappa shape index (κ2) is 11.4. The minimum Gasteiger partial charge on any atom is -0.494 e. The lowest BCUT2D eigenvalue weighted by Gasteiger charge is -2.11. The van der Waals surface area contributed by atoms with E-state index in [4.69, 9.17) is 9.47 Å². The van der Waals surface area contributed by atoms with E-state index in [2.05, 4.69) is 45.5 Å². The van der Waals surface area contributed by atoms with Crippen LogP contribution in [0.2, 0.25) is 0 Å². The number of hydrogen-bond donors (Lipinski definition) is 1. The predicted molar refractivity (Wildman–Crippen MR) is 142 cm³/mol. The lowest BCUT2D eigenvalue weighted by Crippen LogP contribution is -2.13. The number of carbonyl (C=O) groups excluding carboxylic acids is 1. The van der Waals surface area contributed by atoms with Gasteiger partial charge in [0, 0.05) is 15.7 Å². The summed E-state index contributed by atoms with van der Waals surface area (Å²) in [4.78, 5) is 12.8. The van der Waals surface area contributed by atoms with Crippen LogP contribution in [0.15, 0.2) is 95.0 Å². The molecule has 0 spiro atoms. The number of halogens is 1. The van der Waals surface area contributed by atoms with E-state index in [0.29, 0.717) is 36.0 Å². The van der Waals surface area contributed by atoms with Crippen LogP contribution in [0, 0.1) is 11.3 Å². The number of rotatable bonds is 8. The first-order valence-corrected chi connectivity index (χ1v) is 11.9. The Labute approximate surface area is 212 Å². The van der Waals surface area contributed by atoms with Gasteiger partial charge in [-0.1, -0.05) is 52.3 Å². The quantitative estimate of drug-likeness (QED) is 0.196. The SMILES string of the molecule is CCOc1ccc(NC(=O)/C(C#N)=C/c2cc(Br)ccc2OCc2ccc3ccccc3c2)cc1. The molecule has 35 heavy (non-hydrogen) atoms. The molecule has 0 unspecified atom stereocenters. The summed E-state index contributed by atoms with van der Waals surface area (Å²) in [5.41, 5.74) is 2.18. The van der Waals surface area contributed by atoms with Gasteiger partial charge in [0.15, 0.2) is 0 Å². The molecule has 0 aliphatic heterocycles. The summed E-state index contributed by atoms with van der Waals surface area (Å²) in [6, 6.07) is 28.8. The van der Waals surface area contributed by atoms with Crippen LogP contribution in [0.25, 0.3) is 16.8 Å². The third-order valence-corrected chi connectivity index (χ3v) is 5.76. The van der Waals surface area contributed by atoms with Gasteiger partial charge in [0.2, 0.25) is 0 Å². The minimum absolute atomic E-state index is 0.0347. The Morgan fingerprint density at radius 3 is 2.49 bits per heavy atom. The fourth-order valence-electron chi connectivity index (χ4n) is 3.56. The Bertz CT molecular complexity index is 1420. The summed E-state index contributed by atoms with van der Waals surface area (Å²) in [5, 5.41) is 14.7. The number of fused-ring (bicyclic) bond motifs is 1. The third-order valence-electron chi connectivity index (χ3n) is 5.27. The molecule has 0 heterocycles. The standard InChI is InChI=1S/C29H23BrN2O3/c1-2-34-27-12-10-26(11-13-27)32-29(33)24(18-31)16-23-17-25(30)9-14-28(23)35-19-20-7-8-21-5-3-4-6-22(21)15-20/h3-17H,2,19H2,1H3,(H,32,33)/b24-16+. The molecule has 1 N–H and O–H groups in total. The van der Waals surface area contributed by atoms with Crippen molar-refractivity contribution in [3.05, 3.63) is 106 Å². The molecule has 0 atom stereocenters. The van der Waals surface area contributed by atoms with Crippen molar-refractivity contribution in [2.24, 2.45) is 0 Å². The number of nitriles is 1. The molecular formula is C29H23BrN2O3. The molecule has 0 radical (unpaired) electrons. The van der Waals surface area contributed by atoms with Crippen molar-refractivity contribution in [3.63, 3.8) is 0 Å². The summed E-state index contributed by atoms with van der Waals surface area (Å²) in [5.74, 6) is 0.781. The molecule has 0 aliphatic carbocycles. The number of nitrogens with zero attached hydrogens (tertiary/aromatic N) is 1. The monoisotopic (exact) mass is 526 g/mol. The van der Waals surface area contributed by atoms with Gasteiger partial charge >= 0.3 is 0 Å². The third kappa shape index (κ3) is 6.28. The molecule has 0 saturated heterocycles. The van der Waals surface area contributed by atoms with Crippen LogP contribution in [0.1, 0.15) is 18.1 Å². The molecule has 6 heteroatoms. The van der Waals surface area contributed by atoms with Crippen molar-refractivity contribution in [1.82, 2.24) is 0 Å². The van der Waals surface area contributed by atoms with Crippen LogP contribution in [-0.2, 0) is 11.4 Å². The molecule has 5 nitrogen and oxygen atoms in total. The largest absolute Gasteiger partial charge is 0.494 e. The number of benzene rings is 4. The van der Waals surface area contributed by atoms with E-state index in [1.165, 1.54) is 11.5 Å². The lowest BCUT2D eigenvalue weighted by molar-refractivity contribution is -0.112. The van der Waals surface area contributed by atoms with Gasteiger partial charge in [-0.2, -0.15) is 5.26 Å². The average molecular weight is 527 g/mol. The summed E-state index contributed by atoms with van der Waals surface area (Å²) < 4.78 is 12.3. The first-order valence-electron chi connectivity index (χ1n) is 11.1. The molecule has 4 rings (SSSR count). The van der Waals surface area contributed by atoms with Gasteiger partial charge in [-0.3, -0.25) is 4.79 Å². The fraction of sp³-hybridized carbons (Fsp3) is 0.103. The second-order valence-electron chi connectivity index (χ2n) is 7.73. The van der Waals surface area contributed by atoms with Crippen LogP contribution < -0.4 is 14.8 Å². The molecule has 0 aromatic heterocycles. The maximum absolute atomic E-state index is 12.8. The zero-order chi connectivity index (χ0) is 24.6. The van der Waals surface area contributed by atoms with Crippen molar-refractivity contribution in [1.29, 1.82) is 5.26 Å². The summed E-state index contributed by atoms with van der Waals surface area (Å²) >= 11 is 3.46. The van der Waals surface area contributed by atoms with Crippen LogP contribution in [0.3, 0.4) is 0 Å². The van der Waals surface area contributed by atoms with Crippen molar-refractivity contribution < 1.29 is 14.3 Å². The number of nitrogens with one attached hydrogen (secondary N) is 1. The van der Waals surface area contributed by atoms with Gasteiger partial charge in [-0.05, 0) is 77.9 Å². The summed E-state index contributed by atoms with van der Waals surface area (Å²) in [7, 11) is 0. The number of carbonyl (C=O) groups is 1. The highest BCUT2D eigenvalue weighted by Crippen LogP contribution is 2.27. The van der Waals surface area contributed by atoms with Gasteiger partial charge in [0.25, 0.3) is 5.91 Å². The Kier molecular flexibility index (Phi) is 7.81. The van der Waals surface area contributed by atoms with E-state index in [9.17, 15) is 10.1 Å². The summed E-state index contributed by atoms with van der Waals surface area (Å²) in [6.45, 7) is 2.82. The van der Waals surface area contributed by atoms with E-state index in [1.54, 1.807) is 24.3 Å². The van der Waals surface area contributed by atoms with E-state index >= 15 is 0 Å². The lowest BCUT2D eigenvalue weighted by atomic mass is 10.1. The number of anilines is 1. The second-order valence-corrected chi connectivity index (χ2v) is 8.65.